The fourth-order valence-electron chi connectivity index (χ4n) is 1.94. The van der Waals surface area contributed by atoms with Crippen molar-refractivity contribution in [2.45, 2.75) is 19.8 Å². The molecule has 1 N–H and O–H groups in total. The van der Waals surface area contributed by atoms with E-state index in [0.29, 0.717) is 10.4 Å². The van der Waals surface area contributed by atoms with Crippen LogP contribution in [0.15, 0.2) is 29.0 Å². The summed E-state index contributed by atoms with van der Waals surface area (Å²) < 4.78 is 2.50. The molecule has 4 nitrogen and oxygen atoms in total. The lowest BCUT2D eigenvalue weighted by molar-refractivity contribution is -0.140. The first-order valence-electron chi connectivity index (χ1n) is 5.37. The molecule has 17 heavy (non-hydrogen) atoms. The molecule has 2 aromatic rings. The molecule has 0 amide bonds. The van der Waals surface area contributed by atoms with Crippen molar-refractivity contribution < 1.29 is 9.90 Å². The van der Waals surface area contributed by atoms with E-state index in [4.69, 9.17) is 0 Å². The maximum atomic E-state index is 11.3. The van der Waals surface area contributed by atoms with Crippen LogP contribution >= 0.6 is 15.9 Å². The quantitative estimate of drug-likeness (QED) is 0.947. The molecule has 2 rings (SSSR count). The Morgan fingerprint density at radius 3 is 2.76 bits per heavy atom. The lowest BCUT2D eigenvalue weighted by Crippen LogP contribution is -2.20. The number of rotatable bonds is 3. The molecule has 0 bridgehead atoms. The van der Waals surface area contributed by atoms with E-state index in [1.165, 1.54) is 0 Å². The van der Waals surface area contributed by atoms with Gasteiger partial charge in [-0.25, -0.2) is 4.98 Å². The van der Waals surface area contributed by atoms with Crippen LogP contribution in [0.1, 0.15) is 25.6 Å². The minimum atomic E-state index is -0.844. The molecule has 1 unspecified atom stereocenters. The van der Waals surface area contributed by atoms with Crippen LogP contribution in [-0.4, -0.2) is 20.5 Å². The normalized spacial score (nSPS) is 13.2. The van der Waals surface area contributed by atoms with Gasteiger partial charge in [-0.2, -0.15) is 0 Å². The monoisotopic (exact) mass is 296 g/mol. The van der Waals surface area contributed by atoms with E-state index in [9.17, 15) is 9.90 Å². The summed E-state index contributed by atoms with van der Waals surface area (Å²) in [7, 11) is 0. The highest BCUT2D eigenvalue weighted by Crippen LogP contribution is 2.28. The van der Waals surface area contributed by atoms with E-state index in [1.54, 1.807) is 0 Å². The van der Waals surface area contributed by atoms with Gasteiger partial charge in [0.25, 0.3) is 0 Å². The van der Waals surface area contributed by atoms with Gasteiger partial charge in [0.05, 0.1) is 5.52 Å². The Morgan fingerprint density at radius 2 is 2.18 bits per heavy atom. The molecule has 2 heterocycles. The van der Waals surface area contributed by atoms with Gasteiger partial charge < -0.3 is 9.51 Å². The number of imidazole rings is 1. The third-order valence-electron chi connectivity index (χ3n) is 2.74. The number of pyridine rings is 1. The Labute approximate surface area is 107 Å². The molecule has 0 fully saturated rings. The fraction of sp³-hybridized carbons (Fsp3) is 0.333. The second-order valence-corrected chi connectivity index (χ2v) is 5.03. The summed E-state index contributed by atoms with van der Waals surface area (Å²) in [4.78, 5) is 15.7. The van der Waals surface area contributed by atoms with Gasteiger partial charge in [-0.3, -0.25) is 4.79 Å². The predicted octanol–water partition coefficient (Wildman–Crippen LogP) is 2.92. The zero-order chi connectivity index (χ0) is 12.6. The van der Waals surface area contributed by atoms with Crippen LogP contribution in [0, 0.1) is 5.92 Å². The number of hydrogen-bond acceptors (Lipinski definition) is 2. The van der Waals surface area contributed by atoms with Crippen LogP contribution in [0.25, 0.3) is 5.52 Å². The van der Waals surface area contributed by atoms with Crippen LogP contribution in [0.3, 0.4) is 0 Å². The zero-order valence-corrected chi connectivity index (χ0v) is 11.2. The molecule has 2 aromatic heterocycles. The Hall–Kier alpha value is -1.36. The third-order valence-corrected chi connectivity index (χ3v) is 3.33. The molecule has 0 radical (unpaired) electrons. The second kappa shape index (κ2) is 4.49. The molecule has 90 valence electrons. The average molecular weight is 297 g/mol. The first kappa shape index (κ1) is 12.1. The molecule has 1 atom stereocenters. The van der Waals surface area contributed by atoms with Gasteiger partial charge in [-0.15, -0.1) is 0 Å². The van der Waals surface area contributed by atoms with Crippen LogP contribution in [0.5, 0.6) is 0 Å². The largest absolute Gasteiger partial charge is 0.481 e. The Morgan fingerprint density at radius 1 is 1.47 bits per heavy atom. The lowest BCUT2D eigenvalue weighted by atomic mass is 9.95. The molecule has 0 saturated carbocycles. The van der Waals surface area contributed by atoms with Crippen LogP contribution < -0.4 is 0 Å². The van der Waals surface area contributed by atoms with E-state index >= 15 is 0 Å². The summed E-state index contributed by atoms with van der Waals surface area (Å²) in [5.41, 5.74) is 0.884. The summed E-state index contributed by atoms with van der Waals surface area (Å²) in [5.74, 6) is -0.889. The minimum absolute atomic E-state index is 0.00907. The number of nitrogens with zero attached hydrogens (tertiary/aromatic N) is 2. The number of carboxylic acids is 1. The average Bonchev–Trinajstić information content (AvgIpc) is 2.56. The number of hydrogen-bond donors (Lipinski definition) is 1. The molecule has 0 spiro atoms. The summed E-state index contributed by atoms with van der Waals surface area (Å²) in [6, 6.07) is 5.67. The Bertz CT molecular complexity index is 563. The SMILES string of the molecule is CC(C)C(C(=O)O)c1nc(Br)c2ccccn12. The predicted molar refractivity (Wildman–Crippen MR) is 68.1 cm³/mol. The fourth-order valence-corrected chi connectivity index (χ4v) is 2.44. The van der Waals surface area contributed by atoms with Crippen molar-refractivity contribution in [3.63, 3.8) is 0 Å². The van der Waals surface area contributed by atoms with Crippen LogP contribution in [0.4, 0.5) is 0 Å². The van der Waals surface area contributed by atoms with Crippen molar-refractivity contribution >= 4 is 27.4 Å². The topological polar surface area (TPSA) is 54.6 Å². The summed E-state index contributed by atoms with van der Waals surface area (Å²) in [6.07, 6.45) is 1.83. The lowest BCUT2D eigenvalue weighted by Gasteiger charge is -2.14. The highest BCUT2D eigenvalue weighted by molar-refractivity contribution is 9.10. The smallest absolute Gasteiger partial charge is 0.314 e. The van der Waals surface area contributed by atoms with Crippen molar-refractivity contribution in [3.05, 3.63) is 34.8 Å². The number of carbonyl (C=O) groups is 1. The van der Waals surface area contributed by atoms with E-state index < -0.39 is 11.9 Å². The highest BCUT2D eigenvalue weighted by Gasteiger charge is 2.28. The van der Waals surface area contributed by atoms with E-state index in [0.717, 1.165) is 5.52 Å². The van der Waals surface area contributed by atoms with E-state index in [2.05, 4.69) is 20.9 Å². The summed E-state index contributed by atoms with van der Waals surface area (Å²) in [5, 5.41) is 9.30. The molecule has 0 saturated heterocycles. The van der Waals surface area contributed by atoms with Gasteiger partial charge in [0.1, 0.15) is 16.3 Å². The van der Waals surface area contributed by atoms with Crippen LogP contribution in [-0.2, 0) is 4.79 Å². The van der Waals surface area contributed by atoms with Gasteiger partial charge in [0.2, 0.25) is 0 Å². The molecule has 5 heteroatoms. The number of aromatic nitrogens is 2. The summed E-state index contributed by atoms with van der Waals surface area (Å²) in [6.45, 7) is 3.77. The Balaban J connectivity index is 2.65. The molecular weight excluding hydrogens is 284 g/mol. The zero-order valence-electron chi connectivity index (χ0n) is 9.59. The first-order valence-corrected chi connectivity index (χ1v) is 6.17. The van der Waals surface area contributed by atoms with E-state index in [-0.39, 0.29) is 5.92 Å². The van der Waals surface area contributed by atoms with Gasteiger partial charge in [0, 0.05) is 6.20 Å². The number of halogens is 1. The second-order valence-electron chi connectivity index (χ2n) is 4.28. The van der Waals surface area contributed by atoms with Crippen molar-refractivity contribution in [2.24, 2.45) is 5.92 Å². The minimum Gasteiger partial charge on any atom is -0.481 e. The highest BCUT2D eigenvalue weighted by atomic mass is 79.9. The molecule has 0 aliphatic rings. The molecule has 0 aliphatic carbocycles. The Kier molecular flexibility index (Phi) is 3.19. The standard InChI is InChI=1S/C12H13BrN2O2/c1-7(2)9(12(16)17)11-14-10(13)8-5-3-4-6-15(8)11/h3-7,9H,1-2H3,(H,16,17). The van der Waals surface area contributed by atoms with Crippen molar-refractivity contribution in [1.82, 2.24) is 9.38 Å². The molecule has 0 aromatic carbocycles. The van der Waals surface area contributed by atoms with E-state index in [1.807, 2.05) is 42.6 Å². The van der Waals surface area contributed by atoms with Gasteiger partial charge in [-0.05, 0) is 34.0 Å². The summed E-state index contributed by atoms with van der Waals surface area (Å²) >= 11 is 3.36. The van der Waals surface area contributed by atoms with Gasteiger partial charge >= 0.3 is 5.97 Å². The molecular formula is C12H13BrN2O2. The molecule has 0 aliphatic heterocycles. The third kappa shape index (κ3) is 2.07. The maximum absolute atomic E-state index is 11.3. The van der Waals surface area contributed by atoms with Gasteiger partial charge in [0.15, 0.2) is 0 Å². The number of fused-ring (bicyclic) bond motifs is 1. The van der Waals surface area contributed by atoms with Crippen LogP contribution in [0.2, 0.25) is 0 Å². The number of carboxylic acid groups (broad SMARTS) is 1. The maximum Gasteiger partial charge on any atom is 0.314 e. The van der Waals surface area contributed by atoms with Crippen molar-refractivity contribution in [3.8, 4) is 0 Å². The number of aliphatic carboxylic acids is 1. The first-order chi connectivity index (χ1) is 8.02. The van der Waals surface area contributed by atoms with Gasteiger partial charge in [-0.1, -0.05) is 19.9 Å². The van der Waals surface area contributed by atoms with Crippen molar-refractivity contribution in [1.29, 1.82) is 0 Å². The van der Waals surface area contributed by atoms with Crippen molar-refractivity contribution in [2.75, 3.05) is 0 Å².